The Hall–Kier alpha value is -0.290. The number of ether oxygens (including phenoxy) is 1. The van der Waals surface area contributed by atoms with E-state index < -0.39 is 17.2 Å². The van der Waals surface area contributed by atoms with Crippen LogP contribution in [-0.2, 0) is 4.74 Å². The van der Waals surface area contributed by atoms with Gasteiger partial charge in [0.05, 0.1) is 6.10 Å². The summed E-state index contributed by atoms with van der Waals surface area (Å²) in [5.41, 5.74) is -2.93. The average Bonchev–Trinajstić information content (AvgIpc) is 2.75. The molecule has 2 aliphatic rings. The Morgan fingerprint density at radius 3 is 2.23 bits per heavy atom. The lowest BCUT2D eigenvalue weighted by Gasteiger charge is -2.54. The summed E-state index contributed by atoms with van der Waals surface area (Å²) in [6.45, 7) is 7.98. The molecule has 0 aromatic rings. The fraction of sp³-hybridized carbons (Fsp3) is 1.00. The van der Waals surface area contributed by atoms with Crippen LogP contribution in [0.5, 0.6) is 0 Å². The van der Waals surface area contributed by atoms with Gasteiger partial charge in [-0.15, -0.1) is 0 Å². The van der Waals surface area contributed by atoms with Gasteiger partial charge in [0.25, 0.3) is 0 Å². The van der Waals surface area contributed by atoms with Gasteiger partial charge in [0, 0.05) is 6.61 Å². The van der Waals surface area contributed by atoms with Gasteiger partial charge in [0.1, 0.15) is 0 Å². The van der Waals surface area contributed by atoms with Crippen molar-refractivity contribution in [3.63, 3.8) is 0 Å². The van der Waals surface area contributed by atoms with Crippen LogP contribution in [0.1, 0.15) is 66.2 Å². The summed E-state index contributed by atoms with van der Waals surface area (Å²) >= 11 is 0. The van der Waals surface area contributed by atoms with E-state index in [2.05, 4.69) is 13.8 Å². The van der Waals surface area contributed by atoms with E-state index in [-0.39, 0.29) is 11.8 Å². The summed E-state index contributed by atoms with van der Waals surface area (Å²) in [5, 5.41) is 9.73. The zero-order chi connectivity index (χ0) is 16.8. The minimum Gasteiger partial charge on any atom is -0.381 e. The Bertz CT molecular complexity index is 389. The van der Waals surface area contributed by atoms with E-state index >= 15 is 0 Å². The lowest BCUT2D eigenvalue weighted by Crippen LogP contribution is -2.51. The molecule has 1 N–H and O–H groups in total. The molecule has 0 aromatic carbocycles. The van der Waals surface area contributed by atoms with Crippen molar-refractivity contribution in [3.8, 4) is 0 Å². The molecule has 1 saturated carbocycles. The first kappa shape index (κ1) is 18.1. The molecule has 2 fully saturated rings. The number of hydrogen-bond acceptors (Lipinski definition) is 2. The third-order valence-electron chi connectivity index (χ3n) is 5.74. The van der Waals surface area contributed by atoms with Crippen LogP contribution in [0.3, 0.4) is 0 Å². The summed E-state index contributed by atoms with van der Waals surface area (Å²) in [7, 11) is 0. The molecule has 22 heavy (non-hydrogen) atoms. The third-order valence-corrected chi connectivity index (χ3v) is 5.74. The van der Waals surface area contributed by atoms with Crippen LogP contribution in [0.15, 0.2) is 0 Å². The van der Waals surface area contributed by atoms with Gasteiger partial charge in [-0.25, -0.2) is 0 Å². The molecule has 0 amide bonds. The molecule has 0 spiro atoms. The van der Waals surface area contributed by atoms with Gasteiger partial charge in [0.2, 0.25) is 0 Å². The standard InChI is InChI=1S/C17H29F3O2/c1-14(2,10-13-6-5-7-22-13)12-8-15(3,9-12)11-16(4,21)17(18,19)20/h12-13,21H,5-11H2,1-4H3/t12?,13-,15?,16?/m1/s1. The minimum atomic E-state index is -4.56. The molecule has 0 bridgehead atoms. The molecule has 1 saturated heterocycles. The molecule has 2 rings (SSSR count). The number of alkyl halides is 3. The van der Waals surface area contributed by atoms with E-state index in [0.717, 1.165) is 45.6 Å². The zero-order valence-corrected chi connectivity index (χ0v) is 14.1. The molecule has 1 aliphatic carbocycles. The highest BCUT2D eigenvalue weighted by molar-refractivity contribution is 5.01. The van der Waals surface area contributed by atoms with E-state index in [9.17, 15) is 18.3 Å². The lowest BCUT2D eigenvalue weighted by molar-refractivity contribution is -0.268. The molecule has 1 unspecified atom stereocenters. The van der Waals surface area contributed by atoms with Crippen molar-refractivity contribution in [1.82, 2.24) is 0 Å². The van der Waals surface area contributed by atoms with Crippen LogP contribution in [0.2, 0.25) is 0 Å². The molecule has 0 radical (unpaired) electrons. The average molecular weight is 322 g/mol. The zero-order valence-electron chi connectivity index (χ0n) is 14.1. The number of aliphatic hydroxyl groups is 1. The first-order chi connectivity index (χ1) is 9.85. The van der Waals surface area contributed by atoms with Gasteiger partial charge in [-0.05, 0) is 62.2 Å². The Labute approximate surface area is 131 Å². The van der Waals surface area contributed by atoms with Crippen molar-refractivity contribution in [2.75, 3.05) is 6.61 Å². The van der Waals surface area contributed by atoms with Crippen molar-refractivity contribution in [2.45, 2.75) is 84.1 Å². The summed E-state index contributed by atoms with van der Waals surface area (Å²) in [5.74, 6) is 0.408. The van der Waals surface area contributed by atoms with Crippen LogP contribution in [0.25, 0.3) is 0 Å². The maximum absolute atomic E-state index is 12.9. The highest BCUT2D eigenvalue weighted by Crippen LogP contribution is 2.58. The number of rotatable bonds is 5. The predicted molar refractivity (Wildman–Crippen MR) is 79.5 cm³/mol. The Balaban J connectivity index is 1.89. The number of halogens is 3. The second-order valence-corrected chi connectivity index (χ2v) is 8.69. The molecule has 0 aromatic heterocycles. The summed E-state index contributed by atoms with van der Waals surface area (Å²) in [4.78, 5) is 0. The van der Waals surface area contributed by atoms with Gasteiger partial charge in [-0.2, -0.15) is 13.2 Å². The van der Waals surface area contributed by atoms with Crippen LogP contribution in [-0.4, -0.2) is 29.6 Å². The van der Waals surface area contributed by atoms with Gasteiger partial charge in [0.15, 0.2) is 5.60 Å². The first-order valence-corrected chi connectivity index (χ1v) is 8.25. The third kappa shape index (κ3) is 3.78. The van der Waals surface area contributed by atoms with Crippen LogP contribution < -0.4 is 0 Å². The van der Waals surface area contributed by atoms with Crippen molar-refractivity contribution in [3.05, 3.63) is 0 Å². The topological polar surface area (TPSA) is 29.5 Å². The second kappa shape index (κ2) is 5.66. The largest absolute Gasteiger partial charge is 0.416 e. The summed E-state index contributed by atoms with van der Waals surface area (Å²) in [6.07, 6.45) is 0.208. The summed E-state index contributed by atoms with van der Waals surface area (Å²) < 4.78 is 44.3. The summed E-state index contributed by atoms with van der Waals surface area (Å²) in [6, 6.07) is 0. The first-order valence-electron chi connectivity index (χ1n) is 8.25. The molecule has 1 heterocycles. The molecule has 1 aliphatic heterocycles. The monoisotopic (exact) mass is 322 g/mol. The highest BCUT2D eigenvalue weighted by atomic mass is 19.4. The van der Waals surface area contributed by atoms with Crippen molar-refractivity contribution >= 4 is 0 Å². The van der Waals surface area contributed by atoms with Crippen molar-refractivity contribution in [2.24, 2.45) is 16.7 Å². The van der Waals surface area contributed by atoms with Crippen LogP contribution in [0, 0.1) is 16.7 Å². The molecular weight excluding hydrogens is 293 g/mol. The fourth-order valence-electron chi connectivity index (χ4n) is 4.32. The van der Waals surface area contributed by atoms with E-state index in [1.165, 1.54) is 0 Å². The van der Waals surface area contributed by atoms with Gasteiger partial charge in [-0.3, -0.25) is 0 Å². The maximum atomic E-state index is 12.9. The van der Waals surface area contributed by atoms with Gasteiger partial charge >= 0.3 is 6.18 Å². The van der Waals surface area contributed by atoms with E-state index in [1.807, 2.05) is 6.92 Å². The van der Waals surface area contributed by atoms with Gasteiger partial charge in [-0.1, -0.05) is 20.8 Å². The normalized spacial score (nSPS) is 36.0. The molecule has 2 atom stereocenters. The smallest absolute Gasteiger partial charge is 0.381 e. The lowest BCUT2D eigenvalue weighted by atomic mass is 9.51. The van der Waals surface area contributed by atoms with E-state index in [4.69, 9.17) is 4.74 Å². The highest BCUT2D eigenvalue weighted by Gasteiger charge is 2.57. The minimum absolute atomic E-state index is 0.0820. The SMILES string of the molecule is CC1(CC(C)(O)C(F)(F)F)CC(C(C)(C)C[C@H]2CCCO2)C1. The Kier molecular flexibility index (Phi) is 4.64. The quantitative estimate of drug-likeness (QED) is 0.795. The Morgan fingerprint density at radius 1 is 1.18 bits per heavy atom. The predicted octanol–water partition coefficient (Wildman–Crippen LogP) is 4.70. The number of hydrogen-bond donors (Lipinski definition) is 1. The molecule has 5 heteroatoms. The van der Waals surface area contributed by atoms with Gasteiger partial charge < -0.3 is 9.84 Å². The second-order valence-electron chi connectivity index (χ2n) is 8.69. The molecular formula is C17H29F3O2. The molecule has 130 valence electrons. The van der Waals surface area contributed by atoms with Crippen molar-refractivity contribution in [1.29, 1.82) is 0 Å². The van der Waals surface area contributed by atoms with Crippen LogP contribution >= 0.6 is 0 Å². The Morgan fingerprint density at radius 2 is 1.77 bits per heavy atom. The van der Waals surface area contributed by atoms with E-state index in [1.54, 1.807) is 0 Å². The maximum Gasteiger partial charge on any atom is 0.416 e. The molecule has 2 nitrogen and oxygen atoms in total. The van der Waals surface area contributed by atoms with E-state index in [0.29, 0.717) is 12.0 Å². The fourth-order valence-corrected chi connectivity index (χ4v) is 4.32. The van der Waals surface area contributed by atoms with Crippen molar-refractivity contribution < 1.29 is 23.0 Å². The van der Waals surface area contributed by atoms with Crippen LogP contribution in [0.4, 0.5) is 13.2 Å².